The van der Waals surface area contributed by atoms with Crippen molar-refractivity contribution in [1.29, 1.82) is 0 Å². The van der Waals surface area contributed by atoms with E-state index in [9.17, 15) is 9.18 Å². The van der Waals surface area contributed by atoms with Gasteiger partial charge in [-0.3, -0.25) is 10.2 Å². The van der Waals surface area contributed by atoms with E-state index in [1.54, 1.807) is 6.07 Å². The molecule has 1 saturated carbocycles. The molecule has 1 aliphatic carbocycles. The van der Waals surface area contributed by atoms with Crippen molar-refractivity contribution >= 4 is 23.7 Å². The molecule has 3 N–H and O–H groups in total. The molecule has 22 heavy (non-hydrogen) atoms. The number of rotatable bonds is 3. The van der Waals surface area contributed by atoms with Gasteiger partial charge >= 0.3 is 0 Å². The molecule has 2 aliphatic rings. The highest BCUT2D eigenvalue weighted by atomic mass is 35.5. The summed E-state index contributed by atoms with van der Waals surface area (Å²) in [5.74, 6) is -0.412. The van der Waals surface area contributed by atoms with E-state index in [1.807, 2.05) is 0 Å². The Labute approximate surface area is 133 Å². The monoisotopic (exact) mass is 324 g/mol. The Morgan fingerprint density at radius 3 is 3.00 bits per heavy atom. The number of nitrogens with one attached hydrogen (secondary N) is 3. The van der Waals surface area contributed by atoms with Crippen LogP contribution in [0, 0.1) is 11.7 Å². The number of hydrazone groups is 1. The van der Waals surface area contributed by atoms with Crippen LogP contribution in [0.4, 0.5) is 4.39 Å². The molecule has 0 spiro atoms. The van der Waals surface area contributed by atoms with Crippen LogP contribution in [0.15, 0.2) is 23.3 Å². The molecule has 0 bridgehead atoms. The lowest BCUT2D eigenvalue weighted by atomic mass is 9.81. The fraction of sp³-hybridized carbons (Fsp3) is 0.467. The van der Waals surface area contributed by atoms with E-state index in [4.69, 9.17) is 11.6 Å². The number of fused-ring (bicyclic) bond motifs is 1. The van der Waals surface area contributed by atoms with Crippen LogP contribution in [0.3, 0.4) is 0 Å². The Kier molecular flexibility index (Phi) is 4.71. The van der Waals surface area contributed by atoms with Gasteiger partial charge in [0.25, 0.3) is 5.91 Å². The largest absolute Gasteiger partial charge is 0.271 e. The lowest BCUT2D eigenvalue weighted by Crippen LogP contribution is -2.44. The summed E-state index contributed by atoms with van der Waals surface area (Å²) in [6.45, 7) is 0. The first kappa shape index (κ1) is 15.4. The normalized spacial score (nSPS) is 27.8. The summed E-state index contributed by atoms with van der Waals surface area (Å²) in [6, 6.07) is 4.42. The van der Waals surface area contributed by atoms with Gasteiger partial charge in [-0.1, -0.05) is 30.5 Å². The van der Waals surface area contributed by atoms with E-state index >= 15 is 0 Å². The van der Waals surface area contributed by atoms with Crippen LogP contribution in [-0.4, -0.2) is 24.2 Å². The van der Waals surface area contributed by atoms with Gasteiger partial charge in [0.05, 0.1) is 11.2 Å². The number of carbonyl (C=O) groups excluding carboxylic acids is 1. The van der Waals surface area contributed by atoms with Gasteiger partial charge in [-0.25, -0.2) is 15.2 Å². The average molecular weight is 325 g/mol. The summed E-state index contributed by atoms with van der Waals surface area (Å²) in [5.41, 5.74) is 8.83. The molecule has 7 heteroatoms. The molecular weight excluding hydrogens is 307 g/mol. The zero-order chi connectivity index (χ0) is 15.5. The number of nitrogens with zero attached hydrogens (tertiary/aromatic N) is 1. The van der Waals surface area contributed by atoms with Crippen molar-refractivity contribution in [2.45, 2.75) is 37.8 Å². The quantitative estimate of drug-likeness (QED) is 0.588. The number of carbonyl (C=O) groups is 1. The third-order valence-corrected chi connectivity index (χ3v) is 4.65. The molecule has 2 fully saturated rings. The van der Waals surface area contributed by atoms with Gasteiger partial charge in [-0.2, -0.15) is 5.10 Å². The lowest BCUT2D eigenvalue weighted by Gasteiger charge is -2.26. The smallest absolute Gasteiger partial charge is 0.258 e. The molecule has 5 nitrogen and oxygen atoms in total. The molecule has 1 amide bonds. The van der Waals surface area contributed by atoms with Crippen LogP contribution in [0.25, 0.3) is 0 Å². The van der Waals surface area contributed by atoms with Crippen LogP contribution < -0.4 is 16.3 Å². The fourth-order valence-corrected chi connectivity index (χ4v) is 3.38. The molecule has 1 aliphatic heterocycles. The number of halogens is 2. The lowest BCUT2D eigenvalue weighted by molar-refractivity contribution is -0.123. The molecule has 0 aromatic heterocycles. The van der Waals surface area contributed by atoms with Gasteiger partial charge < -0.3 is 0 Å². The van der Waals surface area contributed by atoms with Crippen molar-refractivity contribution in [3.8, 4) is 0 Å². The van der Waals surface area contributed by atoms with E-state index in [0.29, 0.717) is 6.04 Å². The molecule has 1 aromatic carbocycles. The van der Waals surface area contributed by atoms with E-state index < -0.39 is 5.82 Å². The van der Waals surface area contributed by atoms with Crippen LogP contribution in [0.1, 0.15) is 31.2 Å². The van der Waals surface area contributed by atoms with Crippen molar-refractivity contribution in [3.63, 3.8) is 0 Å². The number of hydrogen-bond acceptors (Lipinski definition) is 4. The fourth-order valence-electron chi connectivity index (χ4n) is 3.17. The van der Waals surface area contributed by atoms with E-state index in [2.05, 4.69) is 21.4 Å². The van der Waals surface area contributed by atoms with Gasteiger partial charge in [-0.05, 0) is 25.0 Å². The maximum Gasteiger partial charge on any atom is 0.258 e. The predicted octanol–water partition coefficient (Wildman–Crippen LogP) is 1.96. The Morgan fingerprint density at radius 2 is 2.18 bits per heavy atom. The molecule has 1 saturated heterocycles. The third kappa shape index (κ3) is 3.14. The Morgan fingerprint density at radius 1 is 1.36 bits per heavy atom. The van der Waals surface area contributed by atoms with Gasteiger partial charge in [0.1, 0.15) is 11.9 Å². The molecule has 1 heterocycles. The first-order chi connectivity index (χ1) is 10.7. The van der Waals surface area contributed by atoms with E-state index in [-0.39, 0.29) is 28.5 Å². The number of hydrogen-bond donors (Lipinski definition) is 3. The summed E-state index contributed by atoms with van der Waals surface area (Å²) in [6.07, 6.45) is 5.66. The zero-order valence-electron chi connectivity index (χ0n) is 12.0. The molecule has 3 atom stereocenters. The second-order valence-corrected chi connectivity index (χ2v) is 6.10. The second kappa shape index (κ2) is 6.73. The number of amides is 1. The Hall–Kier alpha value is -1.50. The van der Waals surface area contributed by atoms with E-state index in [1.165, 1.54) is 24.8 Å². The molecule has 118 valence electrons. The Balaban J connectivity index is 1.62. The van der Waals surface area contributed by atoms with Crippen molar-refractivity contribution in [3.05, 3.63) is 34.6 Å². The number of benzene rings is 1. The van der Waals surface area contributed by atoms with Crippen molar-refractivity contribution in [1.82, 2.24) is 16.3 Å². The second-order valence-electron chi connectivity index (χ2n) is 5.69. The molecule has 3 rings (SSSR count). The standard InChI is InChI=1S/C15H18ClFN4O/c16-11-5-3-6-12(17)10(11)8-18-21-15(22)14-9-4-1-2-7-13(9)19-20-14/h3,5-6,8-9,13-14,19-20H,1-2,4,7H2,(H,21,22)/b18-8+. The van der Waals surface area contributed by atoms with Crippen LogP contribution in [-0.2, 0) is 4.79 Å². The topological polar surface area (TPSA) is 65.5 Å². The summed E-state index contributed by atoms with van der Waals surface area (Å²) in [4.78, 5) is 12.2. The molecular formula is C15H18ClFN4O. The minimum absolute atomic E-state index is 0.164. The number of hydrazine groups is 1. The highest BCUT2D eigenvalue weighted by molar-refractivity contribution is 6.33. The molecule has 0 radical (unpaired) electrons. The predicted molar refractivity (Wildman–Crippen MR) is 83.0 cm³/mol. The molecule has 1 aromatic rings. The average Bonchev–Trinajstić information content (AvgIpc) is 2.94. The maximum atomic E-state index is 13.6. The summed E-state index contributed by atoms with van der Waals surface area (Å²) in [5, 5.41) is 4.08. The van der Waals surface area contributed by atoms with Gasteiger partial charge in [0.15, 0.2) is 0 Å². The van der Waals surface area contributed by atoms with Crippen LogP contribution >= 0.6 is 11.6 Å². The van der Waals surface area contributed by atoms with Gasteiger partial charge in [-0.15, -0.1) is 0 Å². The Bertz CT molecular complexity index is 575. The van der Waals surface area contributed by atoms with E-state index in [0.717, 1.165) is 19.3 Å². The summed E-state index contributed by atoms with van der Waals surface area (Å²) >= 11 is 5.90. The van der Waals surface area contributed by atoms with Crippen molar-refractivity contribution in [2.75, 3.05) is 0 Å². The third-order valence-electron chi connectivity index (χ3n) is 4.32. The highest BCUT2D eigenvalue weighted by Crippen LogP contribution is 2.30. The molecule has 3 unspecified atom stereocenters. The van der Waals surface area contributed by atoms with Gasteiger partial charge in [0, 0.05) is 17.5 Å². The van der Waals surface area contributed by atoms with Crippen LogP contribution in [0.2, 0.25) is 5.02 Å². The minimum Gasteiger partial charge on any atom is -0.271 e. The summed E-state index contributed by atoms with van der Waals surface area (Å²) < 4.78 is 13.6. The zero-order valence-corrected chi connectivity index (χ0v) is 12.7. The first-order valence-electron chi connectivity index (χ1n) is 7.45. The highest BCUT2D eigenvalue weighted by Gasteiger charge is 2.40. The summed E-state index contributed by atoms with van der Waals surface area (Å²) in [7, 11) is 0. The first-order valence-corrected chi connectivity index (χ1v) is 7.82. The minimum atomic E-state index is -0.474. The van der Waals surface area contributed by atoms with Crippen molar-refractivity contribution < 1.29 is 9.18 Å². The maximum absolute atomic E-state index is 13.6. The SMILES string of the molecule is O=C(N/N=C/c1c(F)cccc1Cl)C1NNC2CCCCC21. The van der Waals surface area contributed by atoms with Crippen molar-refractivity contribution in [2.24, 2.45) is 11.0 Å². The van der Waals surface area contributed by atoms with Crippen LogP contribution in [0.5, 0.6) is 0 Å². The van der Waals surface area contributed by atoms with Gasteiger partial charge in [0.2, 0.25) is 0 Å².